The lowest BCUT2D eigenvalue weighted by molar-refractivity contribution is -0.174. The quantitative estimate of drug-likeness (QED) is 0.512. The summed E-state index contributed by atoms with van der Waals surface area (Å²) in [6, 6.07) is 0. The molecule has 0 aromatic rings. The van der Waals surface area contributed by atoms with Crippen LogP contribution in [-0.2, 0) is 14.3 Å². The number of rotatable bonds is 7. The number of carbonyl (C=O) groups excluding carboxylic acids is 1. The van der Waals surface area contributed by atoms with Gasteiger partial charge in [0, 0.05) is 39.3 Å². The average molecular weight is 298 g/mol. The first-order valence-electron chi connectivity index (χ1n) is 6.57. The number of carbonyl (C=O) groups is 1. The van der Waals surface area contributed by atoms with Gasteiger partial charge in [-0.2, -0.15) is 13.2 Å². The van der Waals surface area contributed by atoms with Crippen LogP contribution in [0.5, 0.6) is 0 Å². The number of hydrogen-bond acceptors (Lipinski definition) is 5. The SMILES string of the molecule is COC(=O)CCN1CCN(CCOCC(F)(F)F)CC1. The van der Waals surface area contributed by atoms with Crippen molar-refractivity contribution in [2.45, 2.75) is 12.6 Å². The minimum absolute atomic E-state index is 0.0850. The maximum Gasteiger partial charge on any atom is 0.411 e. The lowest BCUT2D eigenvalue weighted by Gasteiger charge is -2.34. The third-order valence-electron chi connectivity index (χ3n) is 3.14. The second-order valence-electron chi connectivity index (χ2n) is 4.68. The molecule has 118 valence electrons. The van der Waals surface area contributed by atoms with E-state index in [0.717, 1.165) is 26.2 Å². The number of piperazine rings is 1. The highest BCUT2D eigenvalue weighted by Gasteiger charge is 2.27. The van der Waals surface area contributed by atoms with Crippen LogP contribution in [-0.4, -0.2) is 81.5 Å². The number of hydrogen-bond donors (Lipinski definition) is 0. The molecule has 20 heavy (non-hydrogen) atoms. The Balaban J connectivity index is 2.06. The summed E-state index contributed by atoms with van der Waals surface area (Å²) >= 11 is 0. The first-order valence-corrected chi connectivity index (χ1v) is 6.57. The monoisotopic (exact) mass is 298 g/mol. The van der Waals surface area contributed by atoms with E-state index >= 15 is 0 Å². The van der Waals surface area contributed by atoms with Crippen LogP contribution in [0.1, 0.15) is 6.42 Å². The van der Waals surface area contributed by atoms with Crippen molar-refractivity contribution >= 4 is 5.97 Å². The molecule has 8 heteroatoms. The van der Waals surface area contributed by atoms with Crippen molar-refractivity contribution in [3.8, 4) is 0 Å². The van der Waals surface area contributed by atoms with Crippen LogP contribution in [0.25, 0.3) is 0 Å². The van der Waals surface area contributed by atoms with Gasteiger partial charge in [-0.3, -0.25) is 9.69 Å². The molecule has 5 nitrogen and oxygen atoms in total. The van der Waals surface area contributed by atoms with Crippen molar-refractivity contribution < 1.29 is 27.4 Å². The van der Waals surface area contributed by atoms with Gasteiger partial charge in [0.15, 0.2) is 0 Å². The van der Waals surface area contributed by atoms with E-state index in [1.165, 1.54) is 7.11 Å². The van der Waals surface area contributed by atoms with Gasteiger partial charge in [0.2, 0.25) is 0 Å². The zero-order valence-electron chi connectivity index (χ0n) is 11.6. The van der Waals surface area contributed by atoms with Crippen molar-refractivity contribution in [1.82, 2.24) is 9.80 Å². The molecule has 0 N–H and O–H groups in total. The molecule has 1 aliphatic rings. The first kappa shape index (κ1) is 17.2. The highest BCUT2D eigenvalue weighted by molar-refractivity contribution is 5.69. The van der Waals surface area contributed by atoms with Crippen molar-refractivity contribution in [3.05, 3.63) is 0 Å². The second-order valence-corrected chi connectivity index (χ2v) is 4.68. The predicted octanol–water partition coefficient (Wildman–Crippen LogP) is 0.746. The van der Waals surface area contributed by atoms with Crippen LogP contribution in [0.2, 0.25) is 0 Å². The zero-order chi connectivity index (χ0) is 15.0. The molecule has 0 bridgehead atoms. The summed E-state index contributed by atoms with van der Waals surface area (Å²) in [5.41, 5.74) is 0. The van der Waals surface area contributed by atoms with Gasteiger partial charge in [-0.05, 0) is 0 Å². The van der Waals surface area contributed by atoms with Crippen LogP contribution in [0, 0.1) is 0 Å². The summed E-state index contributed by atoms with van der Waals surface area (Å²) in [4.78, 5) is 15.2. The Hall–Kier alpha value is -0.860. The van der Waals surface area contributed by atoms with Crippen LogP contribution in [0.15, 0.2) is 0 Å². The molecule has 1 fully saturated rings. The molecule has 0 atom stereocenters. The van der Waals surface area contributed by atoms with Gasteiger partial charge in [-0.1, -0.05) is 0 Å². The van der Waals surface area contributed by atoms with E-state index in [9.17, 15) is 18.0 Å². The molecule has 0 saturated carbocycles. The number of ether oxygens (including phenoxy) is 2. The fourth-order valence-electron chi connectivity index (χ4n) is 1.97. The summed E-state index contributed by atoms with van der Waals surface area (Å²) in [7, 11) is 1.36. The van der Waals surface area contributed by atoms with E-state index in [0.29, 0.717) is 19.5 Å². The van der Waals surface area contributed by atoms with E-state index in [4.69, 9.17) is 0 Å². The Morgan fingerprint density at radius 1 is 1.10 bits per heavy atom. The smallest absolute Gasteiger partial charge is 0.411 e. The summed E-state index contributed by atoms with van der Waals surface area (Å²) in [5, 5.41) is 0. The highest BCUT2D eigenvalue weighted by Crippen LogP contribution is 2.14. The summed E-state index contributed by atoms with van der Waals surface area (Å²) in [5.74, 6) is -0.229. The van der Waals surface area contributed by atoms with E-state index in [-0.39, 0.29) is 12.6 Å². The molecule has 0 aromatic heterocycles. The van der Waals surface area contributed by atoms with Crippen LogP contribution in [0.3, 0.4) is 0 Å². The second kappa shape index (κ2) is 8.43. The first-order chi connectivity index (χ1) is 9.40. The third-order valence-corrected chi connectivity index (χ3v) is 3.14. The molecule has 0 spiro atoms. The molecule has 0 aromatic carbocycles. The van der Waals surface area contributed by atoms with Gasteiger partial charge in [-0.25, -0.2) is 0 Å². The van der Waals surface area contributed by atoms with E-state index in [2.05, 4.69) is 19.3 Å². The van der Waals surface area contributed by atoms with Crippen molar-refractivity contribution in [2.24, 2.45) is 0 Å². The molecule has 1 rings (SSSR count). The Labute approximate surface area is 116 Å². The standard InChI is InChI=1S/C12H21F3N2O3/c1-19-11(18)2-3-16-4-6-17(7-5-16)8-9-20-10-12(13,14)15/h2-10H2,1H3. The van der Waals surface area contributed by atoms with E-state index < -0.39 is 12.8 Å². The van der Waals surface area contributed by atoms with Gasteiger partial charge in [-0.15, -0.1) is 0 Å². The maximum absolute atomic E-state index is 11.9. The van der Waals surface area contributed by atoms with Crippen molar-refractivity contribution in [1.29, 1.82) is 0 Å². The van der Waals surface area contributed by atoms with Gasteiger partial charge in [0.25, 0.3) is 0 Å². The van der Waals surface area contributed by atoms with Crippen LogP contribution in [0.4, 0.5) is 13.2 Å². The predicted molar refractivity (Wildman–Crippen MR) is 66.4 cm³/mol. The molecule has 0 unspecified atom stereocenters. The molecule has 0 amide bonds. The number of esters is 1. The molecule has 1 saturated heterocycles. The zero-order valence-corrected chi connectivity index (χ0v) is 11.6. The van der Waals surface area contributed by atoms with Crippen molar-refractivity contribution in [2.75, 3.05) is 59.6 Å². The molecule has 1 heterocycles. The lowest BCUT2D eigenvalue weighted by atomic mass is 10.3. The minimum atomic E-state index is -4.26. The van der Waals surface area contributed by atoms with E-state index in [1.807, 2.05) is 0 Å². The van der Waals surface area contributed by atoms with Gasteiger partial charge < -0.3 is 14.4 Å². The van der Waals surface area contributed by atoms with Crippen molar-refractivity contribution in [3.63, 3.8) is 0 Å². The van der Waals surface area contributed by atoms with Crippen LogP contribution >= 0.6 is 0 Å². The summed E-state index contributed by atoms with van der Waals surface area (Å²) in [6.07, 6.45) is -3.89. The number of nitrogens with zero attached hydrogens (tertiary/aromatic N) is 2. The Kier molecular flexibility index (Phi) is 7.25. The van der Waals surface area contributed by atoms with Gasteiger partial charge >= 0.3 is 12.1 Å². The number of alkyl halides is 3. The van der Waals surface area contributed by atoms with Gasteiger partial charge in [0.1, 0.15) is 6.61 Å². The Morgan fingerprint density at radius 3 is 2.15 bits per heavy atom. The molecular formula is C12H21F3N2O3. The molecular weight excluding hydrogens is 277 g/mol. The number of methoxy groups -OCH3 is 1. The fraction of sp³-hybridized carbons (Fsp3) is 0.917. The Morgan fingerprint density at radius 2 is 1.65 bits per heavy atom. The molecule has 1 aliphatic heterocycles. The Bertz CT molecular complexity index is 292. The largest absolute Gasteiger partial charge is 0.469 e. The topological polar surface area (TPSA) is 42.0 Å². The summed E-state index contributed by atoms with van der Waals surface area (Å²) < 4.78 is 44.8. The highest BCUT2D eigenvalue weighted by atomic mass is 19.4. The normalized spacial score (nSPS) is 18.2. The maximum atomic E-state index is 11.9. The average Bonchev–Trinajstić information content (AvgIpc) is 2.41. The van der Waals surface area contributed by atoms with Crippen LogP contribution < -0.4 is 0 Å². The minimum Gasteiger partial charge on any atom is -0.469 e. The lowest BCUT2D eigenvalue weighted by Crippen LogP contribution is -2.47. The van der Waals surface area contributed by atoms with E-state index in [1.54, 1.807) is 0 Å². The fourth-order valence-corrected chi connectivity index (χ4v) is 1.97. The molecule has 0 aliphatic carbocycles. The number of halogens is 3. The summed E-state index contributed by atoms with van der Waals surface area (Å²) in [6.45, 7) is 3.21. The third kappa shape index (κ3) is 7.66. The van der Waals surface area contributed by atoms with Gasteiger partial charge in [0.05, 0.1) is 20.1 Å². The molecule has 0 radical (unpaired) electrons.